The van der Waals surface area contributed by atoms with Crippen molar-refractivity contribution in [2.45, 2.75) is 57.2 Å². The van der Waals surface area contributed by atoms with Crippen molar-refractivity contribution in [1.29, 1.82) is 0 Å². The highest BCUT2D eigenvalue weighted by Crippen LogP contribution is 2.26. The lowest BCUT2D eigenvalue weighted by atomic mass is 9.93. The van der Waals surface area contributed by atoms with Gasteiger partial charge in [0.05, 0.1) is 19.4 Å². The van der Waals surface area contributed by atoms with Gasteiger partial charge in [-0.25, -0.2) is 0 Å². The van der Waals surface area contributed by atoms with Crippen LogP contribution in [0.25, 0.3) is 0 Å². The number of carbonyl (C=O) groups is 2. The lowest BCUT2D eigenvalue weighted by Crippen LogP contribution is -2.40. The van der Waals surface area contributed by atoms with E-state index in [1.165, 1.54) is 12.7 Å². The van der Waals surface area contributed by atoms with Crippen LogP contribution in [0.1, 0.15) is 53.8 Å². The molecular formula is C28H33N3O4. The highest BCUT2D eigenvalue weighted by molar-refractivity contribution is 5.95. The molecule has 0 spiro atoms. The van der Waals surface area contributed by atoms with Crippen LogP contribution < -0.4 is 15.8 Å². The monoisotopic (exact) mass is 475 g/mol. The number of ether oxygens (including phenoxy) is 1. The number of nitrogens with two attached hydrogens (primary N) is 1. The molecule has 1 aromatic heterocycles. The summed E-state index contributed by atoms with van der Waals surface area (Å²) >= 11 is 0. The Kier molecular flexibility index (Phi) is 8.21. The second-order valence-corrected chi connectivity index (χ2v) is 9.05. The number of benzene rings is 2. The summed E-state index contributed by atoms with van der Waals surface area (Å²) in [4.78, 5) is 27.7. The molecule has 3 aromatic rings. The van der Waals surface area contributed by atoms with E-state index >= 15 is 0 Å². The SMILES string of the molecule is COc1ccc(C[C@H](N)C(=O)Nc2ccc(CN(C(=O)c3ccco3)C3CCCCC3)cc2)cc1. The Morgan fingerprint density at radius 1 is 1.03 bits per heavy atom. The van der Waals surface area contributed by atoms with Crippen molar-refractivity contribution >= 4 is 17.5 Å². The van der Waals surface area contributed by atoms with E-state index in [-0.39, 0.29) is 17.9 Å². The van der Waals surface area contributed by atoms with Crippen LogP contribution in [0.15, 0.2) is 71.3 Å². The second-order valence-electron chi connectivity index (χ2n) is 9.05. The summed E-state index contributed by atoms with van der Waals surface area (Å²) in [6.45, 7) is 0.495. The summed E-state index contributed by atoms with van der Waals surface area (Å²) in [6.07, 6.45) is 7.46. The Hall–Kier alpha value is -3.58. The third kappa shape index (κ3) is 6.51. The van der Waals surface area contributed by atoms with Crippen molar-refractivity contribution < 1.29 is 18.7 Å². The van der Waals surface area contributed by atoms with Gasteiger partial charge < -0.3 is 25.1 Å². The van der Waals surface area contributed by atoms with Crippen molar-refractivity contribution in [2.75, 3.05) is 12.4 Å². The number of furan rings is 1. The van der Waals surface area contributed by atoms with Gasteiger partial charge in [0, 0.05) is 18.3 Å². The van der Waals surface area contributed by atoms with E-state index in [2.05, 4.69) is 5.32 Å². The molecule has 35 heavy (non-hydrogen) atoms. The van der Waals surface area contributed by atoms with E-state index in [4.69, 9.17) is 14.9 Å². The van der Waals surface area contributed by atoms with Crippen LogP contribution in [-0.4, -0.2) is 35.9 Å². The van der Waals surface area contributed by atoms with Gasteiger partial charge in [0.25, 0.3) is 5.91 Å². The first-order chi connectivity index (χ1) is 17.0. The smallest absolute Gasteiger partial charge is 0.290 e. The molecule has 7 heteroatoms. The zero-order valence-corrected chi connectivity index (χ0v) is 20.1. The molecule has 1 fully saturated rings. The standard InChI is InChI=1S/C28H33N3O4/c1-34-24-15-11-20(12-16-24)18-25(29)27(32)30-22-13-9-21(10-14-22)19-31(23-6-3-2-4-7-23)28(33)26-8-5-17-35-26/h5,8-17,23,25H,2-4,6-7,18-19,29H2,1H3,(H,30,32)/t25-/m0/s1. The number of hydrogen-bond donors (Lipinski definition) is 2. The zero-order valence-electron chi connectivity index (χ0n) is 20.1. The van der Waals surface area contributed by atoms with Gasteiger partial charge in [-0.15, -0.1) is 0 Å². The van der Waals surface area contributed by atoms with Crippen LogP contribution in [0.5, 0.6) is 5.75 Å². The summed E-state index contributed by atoms with van der Waals surface area (Å²) < 4.78 is 10.6. The lowest BCUT2D eigenvalue weighted by Gasteiger charge is -2.34. The molecule has 4 rings (SSSR count). The number of nitrogens with one attached hydrogen (secondary N) is 1. The molecule has 0 saturated heterocycles. The molecule has 0 aliphatic heterocycles. The Bertz CT molecular complexity index is 1090. The van der Waals surface area contributed by atoms with Crippen LogP contribution in [0.3, 0.4) is 0 Å². The molecule has 3 N–H and O–H groups in total. The molecule has 1 aliphatic carbocycles. The fraction of sp³-hybridized carbons (Fsp3) is 0.357. The molecule has 7 nitrogen and oxygen atoms in total. The minimum atomic E-state index is -0.671. The molecule has 1 heterocycles. The van der Waals surface area contributed by atoms with E-state index in [0.717, 1.165) is 42.6 Å². The highest BCUT2D eigenvalue weighted by atomic mass is 16.5. The van der Waals surface area contributed by atoms with Gasteiger partial charge in [-0.05, 0) is 66.8 Å². The van der Waals surface area contributed by atoms with E-state index < -0.39 is 6.04 Å². The van der Waals surface area contributed by atoms with E-state index in [1.807, 2.05) is 53.4 Å². The summed E-state index contributed by atoms with van der Waals surface area (Å²) in [5, 5.41) is 2.89. The predicted molar refractivity (Wildman–Crippen MR) is 135 cm³/mol. The van der Waals surface area contributed by atoms with Crippen molar-refractivity contribution in [2.24, 2.45) is 5.73 Å². The first kappa shape index (κ1) is 24.5. The number of nitrogens with zero attached hydrogens (tertiary/aromatic N) is 1. The Morgan fingerprint density at radius 3 is 2.34 bits per heavy atom. The van der Waals surface area contributed by atoms with Gasteiger partial charge in [0.15, 0.2) is 5.76 Å². The largest absolute Gasteiger partial charge is 0.497 e. The van der Waals surface area contributed by atoms with Crippen LogP contribution in [0.2, 0.25) is 0 Å². The van der Waals surface area contributed by atoms with E-state index in [9.17, 15) is 9.59 Å². The summed E-state index contributed by atoms with van der Waals surface area (Å²) in [6, 6.07) is 18.1. The van der Waals surface area contributed by atoms with Gasteiger partial charge >= 0.3 is 0 Å². The number of rotatable bonds is 9. The van der Waals surface area contributed by atoms with E-state index in [0.29, 0.717) is 24.4 Å². The maximum atomic E-state index is 13.1. The van der Waals surface area contributed by atoms with Crippen LogP contribution in [0, 0.1) is 0 Å². The molecule has 1 aliphatic rings. The molecule has 0 bridgehead atoms. The normalized spacial score (nSPS) is 14.8. The fourth-order valence-electron chi connectivity index (χ4n) is 4.53. The number of amides is 2. The minimum absolute atomic E-state index is 0.0798. The van der Waals surface area contributed by atoms with Gasteiger partial charge in [-0.2, -0.15) is 0 Å². The minimum Gasteiger partial charge on any atom is -0.497 e. The van der Waals surface area contributed by atoms with Crippen molar-refractivity contribution in [3.05, 3.63) is 83.8 Å². The first-order valence-corrected chi connectivity index (χ1v) is 12.2. The molecular weight excluding hydrogens is 442 g/mol. The molecule has 0 unspecified atom stereocenters. The summed E-state index contributed by atoms with van der Waals surface area (Å²) in [5.74, 6) is 0.805. The number of hydrogen-bond acceptors (Lipinski definition) is 5. The van der Waals surface area contributed by atoms with Crippen LogP contribution in [0.4, 0.5) is 5.69 Å². The molecule has 2 aromatic carbocycles. The third-order valence-electron chi connectivity index (χ3n) is 6.53. The molecule has 1 atom stereocenters. The van der Waals surface area contributed by atoms with E-state index in [1.54, 1.807) is 19.2 Å². The average Bonchev–Trinajstić information content (AvgIpc) is 3.44. The molecule has 1 saturated carbocycles. The topological polar surface area (TPSA) is 97.8 Å². The van der Waals surface area contributed by atoms with Gasteiger partial charge in [-0.3, -0.25) is 9.59 Å². The third-order valence-corrected chi connectivity index (χ3v) is 6.53. The number of methoxy groups -OCH3 is 1. The number of carbonyl (C=O) groups excluding carboxylic acids is 2. The Balaban J connectivity index is 1.37. The van der Waals surface area contributed by atoms with Crippen molar-refractivity contribution in [1.82, 2.24) is 4.90 Å². The summed E-state index contributed by atoms with van der Waals surface area (Å²) in [7, 11) is 1.62. The lowest BCUT2D eigenvalue weighted by molar-refractivity contribution is -0.117. The van der Waals surface area contributed by atoms with Crippen LogP contribution >= 0.6 is 0 Å². The van der Waals surface area contributed by atoms with Crippen molar-refractivity contribution in [3.8, 4) is 5.75 Å². The van der Waals surface area contributed by atoms with Crippen LogP contribution in [-0.2, 0) is 17.8 Å². The first-order valence-electron chi connectivity index (χ1n) is 12.2. The summed E-state index contributed by atoms with van der Waals surface area (Å²) in [5.41, 5.74) is 8.76. The van der Waals surface area contributed by atoms with Gasteiger partial charge in [-0.1, -0.05) is 43.5 Å². The average molecular weight is 476 g/mol. The Labute approximate surface area is 206 Å². The second kappa shape index (κ2) is 11.7. The van der Waals surface area contributed by atoms with Gasteiger partial charge in [0.2, 0.25) is 5.91 Å². The van der Waals surface area contributed by atoms with Crippen molar-refractivity contribution in [3.63, 3.8) is 0 Å². The zero-order chi connectivity index (χ0) is 24.6. The Morgan fingerprint density at radius 2 is 1.71 bits per heavy atom. The fourth-order valence-corrected chi connectivity index (χ4v) is 4.53. The van der Waals surface area contributed by atoms with Gasteiger partial charge in [0.1, 0.15) is 5.75 Å². The predicted octanol–water partition coefficient (Wildman–Crippen LogP) is 4.77. The number of anilines is 1. The maximum Gasteiger partial charge on any atom is 0.290 e. The highest BCUT2D eigenvalue weighted by Gasteiger charge is 2.28. The molecule has 2 amide bonds. The quantitative estimate of drug-likeness (QED) is 0.465. The maximum absolute atomic E-state index is 13.1. The molecule has 0 radical (unpaired) electrons. The molecule has 184 valence electrons.